The quantitative estimate of drug-likeness (QED) is 0.394. The fourth-order valence-electron chi connectivity index (χ4n) is 3.76. The molecule has 2 heterocycles. The molecule has 1 aliphatic rings. The molecule has 5 nitrogen and oxygen atoms in total. The highest BCUT2D eigenvalue weighted by atomic mass is 19.3. The lowest BCUT2D eigenvalue weighted by Gasteiger charge is -2.21. The first-order valence-electron chi connectivity index (χ1n) is 9.83. The number of halogens is 5. The standard InChI is InChI=1S/C22H19F5N4O/c1-3-15(12-5-4-6-13(18(12)23)19(24)25)30-20-14-10-31(22(7-8-22)21(26)27)17(32)9-16(14)28-11(2)29-20/h3-6,9-10,15,19,21H,1,7-8H2,2H3,(H,28,29,30). The summed E-state index contributed by atoms with van der Waals surface area (Å²) in [4.78, 5) is 21.0. The molecule has 0 saturated heterocycles. The third-order valence-electron chi connectivity index (χ3n) is 5.65. The Bertz CT molecular complexity index is 1250. The number of rotatable bonds is 7. The first-order chi connectivity index (χ1) is 15.2. The van der Waals surface area contributed by atoms with Crippen molar-refractivity contribution in [3.63, 3.8) is 0 Å². The molecule has 4 rings (SSSR count). The maximum atomic E-state index is 14.7. The van der Waals surface area contributed by atoms with Crippen molar-refractivity contribution in [2.45, 2.75) is 44.2 Å². The number of anilines is 1. The van der Waals surface area contributed by atoms with Gasteiger partial charge in [-0.3, -0.25) is 4.79 Å². The first-order valence-corrected chi connectivity index (χ1v) is 9.83. The molecular weight excluding hydrogens is 431 g/mol. The van der Waals surface area contributed by atoms with Crippen LogP contribution >= 0.6 is 0 Å². The van der Waals surface area contributed by atoms with Crippen LogP contribution in [0.3, 0.4) is 0 Å². The van der Waals surface area contributed by atoms with E-state index in [1.54, 1.807) is 6.92 Å². The number of alkyl halides is 4. The van der Waals surface area contributed by atoms with Crippen molar-refractivity contribution in [3.05, 3.63) is 76.2 Å². The van der Waals surface area contributed by atoms with Crippen molar-refractivity contribution in [2.75, 3.05) is 5.32 Å². The molecule has 0 aliphatic heterocycles. The van der Waals surface area contributed by atoms with Crippen molar-refractivity contribution in [3.8, 4) is 0 Å². The van der Waals surface area contributed by atoms with Crippen LogP contribution in [0.2, 0.25) is 0 Å². The van der Waals surface area contributed by atoms with Crippen LogP contribution in [0.4, 0.5) is 27.8 Å². The average Bonchev–Trinajstić information content (AvgIpc) is 3.53. The van der Waals surface area contributed by atoms with E-state index in [4.69, 9.17) is 0 Å². The van der Waals surface area contributed by atoms with Crippen LogP contribution in [-0.2, 0) is 5.54 Å². The summed E-state index contributed by atoms with van der Waals surface area (Å²) in [6, 6.07) is 3.82. The van der Waals surface area contributed by atoms with E-state index in [-0.39, 0.29) is 41.0 Å². The second-order valence-electron chi connectivity index (χ2n) is 7.71. The monoisotopic (exact) mass is 450 g/mol. The number of nitrogens with one attached hydrogen (secondary N) is 1. The molecule has 0 bridgehead atoms. The second-order valence-corrected chi connectivity index (χ2v) is 7.71. The summed E-state index contributed by atoms with van der Waals surface area (Å²) < 4.78 is 69.2. The van der Waals surface area contributed by atoms with Gasteiger partial charge in [0.25, 0.3) is 18.4 Å². The van der Waals surface area contributed by atoms with Gasteiger partial charge in [0, 0.05) is 17.8 Å². The number of fused-ring (bicyclic) bond motifs is 1. The SMILES string of the molecule is C=CC(Nc1nc(C)nc2cc(=O)n(C3(C(F)F)CC3)cc12)c1cccc(C(F)F)c1F. The maximum absolute atomic E-state index is 14.7. The number of hydrogen-bond acceptors (Lipinski definition) is 4. The average molecular weight is 450 g/mol. The summed E-state index contributed by atoms with van der Waals surface area (Å²) in [5.74, 6) is -0.670. The minimum absolute atomic E-state index is 0.0817. The summed E-state index contributed by atoms with van der Waals surface area (Å²) in [5.41, 5.74) is -2.79. The number of hydrogen-bond donors (Lipinski definition) is 1. The fraction of sp³-hybridized carbons (Fsp3) is 0.318. The van der Waals surface area contributed by atoms with Gasteiger partial charge in [0.15, 0.2) is 0 Å². The molecule has 1 aromatic carbocycles. The largest absolute Gasteiger partial charge is 0.359 e. The molecule has 1 saturated carbocycles. The zero-order valence-corrected chi connectivity index (χ0v) is 17.0. The van der Waals surface area contributed by atoms with Gasteiger partial charge in [0.1, 0.15) is 23.0 Å². The summed E-state index contributed by atoms with van der Waals surface area (Å²) >= 11 is 0. The number of pyridine rings is 1. The molecular formula is C22H19F5N4O. The van der Waals surface area contributed by atoms with Gasteiger partial charge in [-0.2, -0.15) is 0 Å². The van der Waals surface area contributed by atoms with Crippen molar-refractivity contribution in [1.82, 2.24) is 14.5 Å². The van der Waals surface area contributed by atoms with Crippen molar-refractivity contribution < 1.29 is 22.0 Å². The van der Waals surface area contributed by atoms with Gasteiger partial charge in [-0.25, -0.2) is 31.9 Å². The van der Waals surface area contributed by atoms with E-state index in [0.29, 0.717) is 0 Å². The molecule has 0 radical (unpaired) electrons. The van der Waals surface area contributed by atoms with Crippen LogP contribution in [0.25, 0.3) is 10.9 Å². The Morgan fingerprint density at radius 3 is 2.47 bits per heavy atom. The van der Waals surface area contributed by atoms with Crippen molar-refractivity contribution in [1.29, 1.82) is 0 Å². The highest BCUT2D eigenvalue weighted by Crippen LogP contribution is 2.48. The van der Waals surface area contributed by atoms with Gasteiger partial charge < -0.3 is 9.88 Å². The van der Waals surface area contributed by atoms with Crippen molar-refractivity contribution >= 4 is 16.7 Å². The number of nitrogens with zero attached hydrogens (tertiary/aromatic N) is 3. The Labute approximate surface area is 179 Å². The number of aryl methyl sites for hydroxylation is 1. The molecule has 1 unspecified atom stereocenters. The lowest BCUT2D eigenvalue weighted by atomic mass is 10.0. The zero-order chi connectivity index (χ0) is 23.2. The second kappa shape index (κ2) is 7.99. The Morgan fingerprint density at radius 2 is 1.88 bits per heavy atom. The van der Waals surface area contributed by atoms with Gasteiger partial charge >= 0.3 is 0 Å². The van der Waals surface area contributed by atoms with E-state index in [1.807, 2.05) is 0 Å². The van der Waals surface area contributed by atoms with Gasteiger partial charge in [-0.15, -0.1) is 6.58 Å². The smallest absolute Gasteiger partial charge is 0.266 e. The fourth-order valence-corrected chi connectivity index (χ4v) is 3.76. The molecule has 0 spiro atoms. The third-order valence-corrected chi connectivity index (χ3v) is 5.65. The predicted molar refractivity (Wildman–Crippen MR) is 110 cm³/mol. The highest BCUT2D eigenvalue weighted by Gasteiger charge is 2.53. The normalized spacial score (nSPS) is 15.9. The Kier molecular flexibility index (Phi) is 5.47. The lowest BCUT2D eigenvalue weighted by molar-refractivity contribution is 0.0654. The molecule has 3 aromatic rings. The Hall–Kier alpha value is -3.30. The van der Waals surface area contributed by atoms with E-state index in [9.17, 15) is 26.7 Å². The van der Waals surface area contributed by atoms with E-state index >= 15 is 0 Å². The third kappa shape index (κ3) is 3.63. The molecule has 168 valence electrons. The topological polar surface area (TPSA) is 59.8 Å². The van der Waals surface area contributed by atoms with E-state index < -0.39 is 41.4 Å². The van der Waals surface area contributed by atoms with E-state index in [2.05, 4.69) is 21.9 Å². The van der Waals surface area contributed by atoms with Crippen LogP contribution < -0.4 is 10.9 Å². The van der Waals surface area contributed by atoms with Crippen LogP contribution in [0.5, 0.6) is 0 Å². The minimum atomic E-state index is -3.00. The Morgan fingerprint density at radius 1 is 1.19 bits per heavy atom. The molecule has 10 heteroatoms. The van der Waals surface area contributed by atoms with Crippen LogP contribution in [0, 0.1) is 12.7 Å². The molecule has 0 amide bonds. The van der Waals surface area contributed by atoms with Gasteiger partial charge in [-0.1, -0.05) is 24.3 Å². The maximum Gasteiger partial charge on any atom is 0.266 e. The van der Waals surface area contributed by atoms with Crippen LogP contribution in [0.1, 0.15) is 42.3 Å². The Balaban J connectivity index is 1.83. The van der Waals surface area contributed by atoms with Crippen molar-refractivity contribution in [2.24, 2.45) is 0 Å². The summed E-state index contributed by atoms with van der Waals surface area (Å²) in [6.45, 7) is 5.21. The van der Waals surface area contributed by atoms with E-state index in [1.165, 1.54) is 24.4 Å². The van der Waals surface area contributed by atoms with Crippen LogP contribution in [-0.4, -0.2) is 21.0 Å². The molecule has 1 N–H and O–H groups in total. The summed E-state index contributed by atoms with van der Waals surface area (Å²) in [6.07, 6.45) is -2.83. The van der Waals surface area contributed by atoms with E-state index in [0.717, 1.165) is 16.7 Å². The van der Waals surface area contributed by atoms with Gasteiger partial charge in [-0.05, 0) is 19.8 Å². The van der Waals surface area contributed by atoms with Gasteiger partial charge in [0.2, 0.25) is 0 Å². The predicted octanol–water partition coefficient (Wildman–Crippen LogP) is 5.27. The summed E-state index contributed by atoms with van der Waals surface area (Å²) in [5, 5.41) is 3.19. The number of aromatic nitrogens is 3. The lowest BCUT2D eigenvalue weighted by Crippen LogP contribution is -2.35. The molecule has 2 aromatic heterocycles. The number of benzene rings is 1. The van der Waals surface area contributed by atoms with Crippen LogP contribution in [0.15, 0.2) is 47.9 Å². The van der Waals surface area contributed by atoms with Gasteiger partial charge in [0.05, 0.1) is 22.5 Å². The minimum Gasteiger partial charge on any atom is -0.359 e. The summed E-state index contributed by atoms with van der Waals surface area (Å²) in [7, 11) is 0. The first kappa shape index (κ1) is 21.9. The molecule has 32 heavy (non-hydrogen) atoms. The highest BCUT2D eigenvalue weighted by molar-refractivity contribution is 5.88. The molecule has 1 fully saturated rings. The zero-order valence-electron chi connectivity index (χ0n) is 17.0. The molecule has 1 aliphatic carbocycles. The molecule has 1 atom stereocenters.